The molecule has 6 heteroatoms. The molecule has 1 amide bonds. The normalized spacial score (nSPS) is 13.1. The van der Waals surface area contributed by atoms with Gasteiger partial charge in [0.05, 0.1) is 18.2 Å². The number of hydrogen-bond donors (Lipinski definition) is 2. The second kappa shape index (κ2) is 5.42. The van der Waals surface area contributed by atoms with E-state index in [4.69, 9.17) is 5.11 Å². The molecule has 1 aromatic rings. The van der Waals surface area contributed by atoms with Crippen molar-refractivity contribution in [3.8, 4) is 0 Å². The monoisotopic (exact) mass is 267 g/mol. The van der Waals surface area contributed by atoms with E-state index in [1.165, 1.54) is 6.92 Å². The molecule has 0 aliphatic rings. The standard InChI is InChI=1S/C13H21N3O3/c1-8(17)14-10(6-11(18)19)9-7-16(5)15-12(9)13(2,3)4/h7,10H,6H2,1-5H3,(H,14,17)(H,18,19)/t10-/m1/s1. The quantitative estimate of drug-likeness (QED) is 0.863. The van der Waals surface area contributed by atoms with Crippen molar-refractivity contribution in [3.63, 3.8) is 0 Å². The van der Waals surface area contributed by atoms with Crippen LogP contribution in [0.1, 0.15) is 51.4 Å². The fourth-order valence-corrected chi connectivity index (χ4v) is 2.00. The van der Waals surface area contributed by atoms with Gasteiger partial charge in [-0.05, 0) is 0 Å². The van der Waals surface area contributed by atoms with E-state index in [9.17, 15) is 9.59 Å². The molecule has 1 rings (SSSR count). The molecule has 106 valence electrons. The van der Waals surface area contributed by atoms with Gasteiger partial charge in [0.2, 0.25) is 5.91 Å². The number of carbonyl (C=O) groups excluding carboxylic acids is 1. The average molecular weight is 267 g/mol. The first-order valence-electron chi connectivity index (χ1n) is 6.14. The number of aromatic nitrogens is 2. The molecule has 2 N–H and O–H groups in total. The molecule has 1 aromatic heterocycles. The molecule has 0 aliphatic heterocycles. The van der Waals surface area contributed by atoms with Gasteiger partial charge in [-0.1, -0.05) is 20.8 Å². The Morgan fingerprint density at radius 3 is 2.47 bits per heavy atom. The third kappa shape index (κ3) is 4.08. The van der Waals surface area contributed by atoms with Crippen LogP contribution in [0.25, 0.3) is 0 Å². The molecule has 0 saturated heterocycles. The number of nitrogens with one attached hydrogen (secondary N) is 1. The zero-order valence-corrected chi connectivity index (χ0v) is 12.0. The van der Waals surface area contributed by atoms with Crippen molar-refractivity contribution in [2.24, 2.45) is 7.05 Å². The van der Waals surface area contributed by atoms with E-state index in [0.29, 0.717) is 0 Å². The summed E-state index contributed by atoms with van der Waals surface area (Å²) in [6, 6.07) is -0.557. The van der Waals surface area contributed by atoms with Crippen molar-refractivity contribution >= 4 is 11.9 Å². The van der Waals surface area contributed by atoms with Crippen molar-refractivity contribution in [3.05, 3.63) is 17.5 Å². The van der Waals surface area contributed by atoms with Crippen LogP contribution in [0.15, 0.2) is 6.20 Å². The molecule has 6 nitrogen and oxygen atoms in total. The second-order valence-corrected chi connectivity index (χ2v) is 5.71. The summed E-state index contributed by atoms with van der Waals surface area (Å²) in [4.78, 5) is 22.2. The van der Waals surface area contributed by atoms with Gasteiger partial charge < -0.3 is 10.4 Å². The number of rotatable bonds is 4. The van der Waals surface area contributed by atoms with Gasteiger partial charge >= 0.3 is 5.97 Å². The zero-order valence-electron chi connectivity index (χ0n) is 12.0. The SMILES string of the molecule is CC(=O)N[C@H](CC(=O)O)c1cn(C)nc1C(C)(C)C. The number of aryl methyl sites for hydroxylation is 1. The molecule has 0 saturated carbocycles. The molecule has 0 unspecified atom stereocenters. The van der Waals surface area contributed by atoms with Crippen molar-refractivity contribution in [1.29, 1.82) is 0 Å². The lowest BCUT2D eigenvalue weighted by molar-refractivity contribution is -0.137. The Kier molecular flexibility index (Phi) is 4.34. The van der Waals surface area contributed by atoms with Gasteiger partial charge in [-0.3, -0.25) is 14.3 Å². The van der Waals surface area contributed by atoms with Crippen LogP contribution in [0.2, 0.25) is 0 Å². The van der Waals surface area contributed by atoms with Crippen molar-refractivity contribution in [2.75, 3.05) is 0 Å². The largest absolute Gasteiger partial charge is 0.481 e. The Hall–Kier alpha value is -1.85. The molecule has 0 radical (unpaired) electrons. The molecule has 0 aromatic carbocycles. The van der Waals surface area contributed by atoms with Gasteiger partial charge in [0.25, 0.3) is 0 Å². The minimum absolute atomic E-state index is 0.158. The topological polar surface area (TPSA) is 84.2 Å². The first-order chi connectivity index (χ1) is 8.61. The number of carboxylic acid groups (broad SMARTS) is 1. The zero-order chi connectivity index (χ0) is 14.8. The van der Waals surface area contributed by atoms with Crippen LogP contribution in [0.4, 0.5) is 0 Å². The fourth-order valence-electron chi connectivity index (χ4n) is 2.00. The first kappa shape index (κ1) is 15.2. The van der Waals surface area contributed by atoms with Crippen LogP contribution < -0.4 is 5.32 Å². The van der Waals surface area contributed by atoms with Crippen molar-refractivity contribution in [2.45, 2.75) is 45.6 Å². The minimum atomic E-state index is -0.956. The van der Waals surface area contributed by atoms with Crippen LogP contribution in [-0.2, 0) is 22.1 Å². The van der Waals surface area contributed by atoms with Gasteiger partial charge in [0.15, 0.2) is 0 Å². The number of carboxylic acids is 1. The lowest BCUT2D eigenvalue weighted by Crippen LogP contribution is -2.30. The minimum Gasteiger partial charge on any atom is -0.481 e. The predicted octanol–water partition coefficient (Wildman–Crippen LogP) is 1.37. The van der Waals surface area contributed by atoms with E-state index in [-0.39, 0.29) is 17.7 Å². The van der Waals surface area contributed by atoms with E-state index < -0.39 is 12.0 Å². The summed E-state index contributed by atoms with van der Waals surface area (Å²) in [6.45, 7) is 7.39. The molecular weight excluding hydrogens is 246 g/mol. The molecular formula is C13H21N3O3. The van der Waals surface area contributed by atoms with Crippen LogP contribution in [0.5, 0.6) is 0 Å². The maximum atomic E-state index is 11.2. The van der Waals surface area contributed by atoms with Gasteiger partial charge in [0.1, 0.15) is 0 Å². The van der Waals surface area contributed by atoms with E-state index in [1.54, 1.807) is 17.9 Å². The lowest BCUT2D eigenvalue weighted by Gasteiger charge is -2.22. The van der Waals surface area contributed by atoms with Crippen molar-refractivity contribution < 1.29 is 14.7 Å². The number of amides is 1. The lowest BCUT2D eigenvalue weighted by atomic mass is 9.87. The molecule has 1 heterocycles. The molecule has 0 aliphatic carbocycles. The summed E-state index contributed by atoms with van der Waals surface area (Å²) in [5.41, 5.74) is 1.34. The molecule has 0 fully saturated rings. The summed E-state index contributed by atoms with van der Waals surface area (Å²) in [5, 5.41) is 16.1. The molecule has 0 bridgehead atoms. The van der Waals surface area contributed by atoms with Gasteiger partial charge in [-0.15, -0.1) is 0 Å². The number of carbonyl (C=O) groups is 2. The summed E-state index contributed by atoms with van der Waals surface area (Å²) < 4.78 is 1.65. The maximum Gasteiger partial charge on any atom is 0.305 e. The van der Waals surface area contributed by atoms with E-state index in [0.717, 1.165) is 11.3 Å². The highest BCUT2D eigenvalue weighted by Gasteiger charge is 2.28. The Morgan fingerprint density at radius 1 is 1.47 bits per heavy atom. The Bertz CT molecular complexity index is 470. The third-order valence-electron chi connectivity index (χ3n) is 2.70. The smallest absolute Gasteiger partial charge is 0.305 e. The summed E-state index contributed by atoms with van der Waals surface area (Å²) in [5.74, 6) is -1.21. The van der Waals surface area contributed by atoms with E-state index >= 15 is 0 Å². The Balaban J connectivity index is 3.21. The maximum absolute atomic E-state index is 11.2. The molecule has 19 heavy (non-hydrogen) atoms. The number of hydrogen-bond acceptors (Lipinski definition) is 3. The van der Waals surface area contributed by atoms with Crippen molar-refractivity contribution in [1.82, 2.24) is 15.1 Å². The van der Waals surface area contributed by atoms with Crippen LogP contribution in [-0.4, -0.2) is 26.8 Å². The van der Waals surface area contributed by atoms with Crippen LogP contribution in [0, 0.1) is 0 Å². The summed E-state index contributed by atoms with van der Waals surface area (Å²) >= 11 is 0. The molecule has 1 atom stereocenters. The van der Waals surface area contributed by atoms with Gasteiger partial charge in [-0.2, -0.15) is 5.10 Å². The molecule has 0 spiro atoms. The first-order valence-corrected chi connectivity index (χ1v) is 6.14. The highest BCUT2D eigenvalue weighted by molar-refractivity contribution is 5.75. The number of aliphatic carboxylic acids is 1. The van der Waals surface area contributed by atoms with E-state index in [2.05, 4.69) is 10.4 Å². The summed E-state index contributed by atoms with van der Waals surface area (Å²) in [7, 11) is 1.78. The Morgan fingerprint density at radius 2 is 2.05 bits per heavy atom. The average Bonchev–Trinajstić information content (AvgIpc) is 2.57. The summed E-state index contributed by atoms with van der Waals surface area (Å²) in [6.07, 6.45) is 1.61. The third-order valence-corrected chi connectivity index (χ3v) is 2.70. The number of nitrogens with zero attached hydrogens (tertiary/aromatic N) is 2. The van der Waals surface area contributed by atoms with Crippen LogP contribution >= 0.6 is 0 Å². The van der Waals surface area contributed by atoms with Crippen LogP contribution in [0.3, 0.4) is 0 Å². The highest BCUT2D eigenvalue weighted by Crippen LogP contribution is 2.29. The fraction of sp³-hybridized carbons (Fsp3) is 0.615. The van der Waals surface area contributed by atoms with Gasteiger partial charge in [-0.25, -0.2) is 0 Å². The van der Waals surface area contributed by atoms with E-state index in [1.807, 2.05) is 20.8 Å². The highest BCUT2D eigenvalue weighted by atomic mass is 16.4. The second-order valence-electron chi connectivity index (χ2n) is 5.71. The Labute approximate surface area is 112 Å². The predicted molar refractivity (Wildman–Crippen MR) is 70.7 cm³/mol. The van der Waals surface area contributed by atoms with Gasteiger partial charge in [0, 0.05) is 31.1 Å².